The number of amides is 1. The van der Waals surface area contributed by atoms with Crippen LogP contribution in [0.4, 0.5) is 17.1 Å². The summed E-state index contributed by atoms with van der Waals surface area (Å²) in [5.74, 6) is -1.05. The van der Waals surface area contributed by atoms with Crippen LogP contribution in [-0.4, -0.2) is 50.6 Å². The number of carbonyl (C=O) groups excluding carboxylic acids is 2. The monoisotopic (exact) mass is 513 g/mol. The van der Waals surface area contributed by atoms with Crippen molar-refractivity contribution in [1.82, 2.24) is 0 Å². The van der Waals surface area contributed by atoms with E-state index in [0.717, 1.165) is 30.0 Å². The summed E-state index contributed by atoms with van der Waals surface area (Å²) >= 11 is 0. The average molecular weight is 514 g/mol. The molecule has 0 bridgehead atoms. The SMILES string of the molecule is CCOc1cccc(/C(O)=C2/C(=O)C(=O)N(c3ccc(N(CC)CC)cc3)C2c2ccc(N(C)C)cc2)c1. The quantitative estimate of drug-likeness (QED) is 0.227. The van der Waals surface area contributed by atoms with Crippen LogP contribution in [0.1, 0.15) is 37.9 Å². The van der Waals surface area contributed by atoms with Crippen molar-refractivity contribution in [2.75, 3.05) is 48.5 Å². The molecule has 7 nitrogen and oxygen atoms in total. The summed E-state index contributed by atoms with van der Waals surface area (Å²) < 4.78 is 5.59. The number of anilines is 3. The van der Waals surface area contributed by atoms with Gasteiger partial charge >= 0.3 is 0 Å². The fraction of sp³-hybridized carbons (Fsp3) is 0.290. The molecule has 1 aliphatic rings. The highest BCUT2D eigenvalue weighted by atomic mass is 16.5. The molecule has 38 heavy (non-hydrogen) atoms. The number of rotatable bonds is 9. The first-order valence-electron chi connectivity index (χ1n) is 13.0. The number of carbonyl (C=O) groups is 2. The normalized spacial score (nSPS) is 16.6. The van der Waals surface area contributed by atoms with E-state index in [4.69, 9.17) is 4.74 Å². The van der Waals surface area contributed by atoms with E-state index in [9.17, 15) is 14.7 Å². The first-order valence-corrected chi connectivity index (χ1v) is 13.0. The number of aliphatic hydroxyl groups excluding tert-OH is 1. The summed E-state index contributed by atoms with van der Waals surface area (Å²) in [6, 6.07) is 21.4. The van der Waals surface area contributed by atoms with E-state index in [1.165, 1.54) is 4.90 Å². The molecule has 1 fully saturated rings. The van der Waals surface area contributed by atoms with Gasteiger partial charge in [0.15, 0.2) is 0 Å². The molecule has 1 amide bonds. The molecule has 1 unspecified atom stereocenters. The molecule has 198 valence electrons. The second-order valence-electron chi connectivity index (χ2n) is 9.30. The molecule has 1 N–H and O–H groups in total. The van der Waals surface area contributed by atoms with E-state index >= 15 is 0 Å². The fourth-order valence-corrected chi connectivity index (χ4v) is 4.84. The molecule has 7 heteroatoms. The van der Waals surface area contributed by atoms with Crippen molar-refractivity contribution in [1.29, 1.82) is 0 Å². The molecule has 0 saturated carbocycles. The number of ether oxygens (including phenoxy) is 1. The van der Waals surface area contributed by atoms with E-state index in [1.807, 2.05) is 74.4 Å². The highest BCUT2D eigenvalue weighted by Gasteiger charge is 2.47. The molecule has 1 atom stereocenters. The number of nitrogens with zero attached hydrogens (tertiary/aromatic N) is 3. The lowest BCUT2D eigenvalue weighted by Crippen LogP contribution is -2.29. The number of aliphatic hydroxyl groups is 1. The van der Waals surface area contributed by atoms with Crippen LogP contribution >= 0.6 is 0 Å². The van der Waals surface area contributed by atoms with Gasteiger partial charge in [0.25, 0.3) is 11.7 Å². The molecule has 0 aliphatic carbocycles. The van der Waals surface area contributed by atoms with Crippen molar-refractivity contribution in [3.8, 4) is 5.75 Å². The lowest BCUT2D eigenvalue weighted by atomic mass is 9.94. The molecule has 1 aliphatic heterocycles. The summed E-state index contributed by atoms with van der Waals surface area (Å²) in [5, 5.41) is 11.4. The van der Waals surface area contributed by atoms with Crippen molar-refractivity contribution >= 4 is 34.5 Å². The van der Waals surface area contributed by atoms with Gasteiger partial charge in [0.05, 0.1) is 18.2 Å². The number of Topliss-reactive ketones (excluding diaryl/α,β-unsaturated/α-hetero) is 1. The van der Waals surface area contributed by atoms with E-state index in [2.05, 4.69) is 18.7 Å². The van der Waals surface area contributed by atoms with Crippen LogP contribution in [0.5, 0.6) is 5.75 Å². The van der Waals surface area contributed by atoms with Crippen molar-refractivity contribution < 1.29 is 19.4 Å². The molecular formula is C31H35N3O4. The number of hydrogen-bond acceptors (Lipinski definition) is 6. The Hall–Kier alpha value is -4.26. The van der Waals surface area contributed by atoms with E-state index in [0.29, 0.717) is 23.6 Å². The molecule has 1 saturated heterocycles. The van der Waals surface area contributed by atoms with Crippen LogP contribution in [0.25, 0.3) is 5.76 Å². The van der Waals surface area contributed by atoms with Crippen LogP contribution in [-0.2, 0) is 9.59 Å². The molecule has 0 spiro atoms. The first kappa shape index (κ1) is 26.8. The van der Waals surface area contributed by atoms with Crippen LogP contribution in [0, 0.1) is 0 Å². The third-order valence-corrected chi connectivity index (χ3v) is 6.84. The van der Waals surface area contributed by atoms with E-state index < -0.39 is 17.7 Å². The summed E-state index contributed by atoms with van der Waals surface area (Å²) in [6.45, 7) is 8.25. The summed E-state index contributed by atoms with van der Waals surface area (Å²) in [4.78, 5) is 32.7. The van der Waals surface area contributed by atoms with Crippen LogP contribution in [0.3, 0.4) is 0 Å². The standard InChI is InChI=1S/C31H35N3O4/c1-6-33(7-2)24-16-18-25(19-17-24)34-28(21-12-14-23(15-13-21)32(4)5)27(30(36)31(34)37)29(35)22-10-9-11-26(20-22)38-8-3/h9-20,28,35H,6-8H2,1-5H3/b29-27-. The predicted molar refractivity (Wildman–Crippen MR) is 153 cm³/mol. The van der Waals surface area contributed by atoms with Crippen LogP contribution in [0.15, 0.2) is 78.4 Å². The van der Waals surface area contributed by atoms with Crippen molar-refractivity contribution in [3.63, 3.8) is 0 Å². The summed E-state index contributed by atoms with van der Waals surface area (Å²) in [5.41, 5.74) is 3.81. The average Bonchev–Trinajstić information content (AvgIpc) is 3.20. The Morgan fingerprint density at radius 3 is 2.11 bits per heavy atom. The first-order chi connectivity index (χ1) is 18.3. The summed E-state index contributed by atoms with van der Waals surface area (Å²) in [6.07, 6.45) is 0. The van der Waals surface area contributed by atoms with E-state index in [-0.39, 0.29) is 11.3 Å². The molecule has 0 radical (unpaired) electrons. The molecular weight excluding hydrogens is 478 g/mol. The molecule has 3 aromatic rings. The fourth-order valence-electron chi connectivity index (χ4n) is 4.84. The van der Waals surface area contributed by atoms with Crippen molar-refractivity contribution in [2.24, 2.45) is 0 Å². The summed E-state index contributed by atoms with van der Waals surface area (Å²) in [7, 11) is 3.90. The minimum Gasteiger partial charge on any atom is -0.507 e. The van der Waals surface area contributed by atoms with Gasteiger partial charge in [-0.3, -0.25) is 14.5 Å². The van der Waals surface area contributed by atoms with Crippen LogP contribution in [0.2, 0.25) is 0 Å². The van der Waals surface area contributed by atoms with Crippen LogP contribution < -0.4 is 19.4 Å². The maximum Gasteiger partial charge on any atom is 0.300 e. The minimum atomic E-state index is -0.790. The van der Waals surface area contributed by atoms with Gasteiger partial charge in [-0.15, -0.1) is 0 Å². The van der Waals surface area contributed by atoms with Gasteiger partial charge in [0.1, 0.15) is 11.5 Å². The Balaban J connectivity index is 1.86. The number of hydrogen-bond donors (Lipinski definition) is 1. The van der Waals surface area contributed by atoms with Gasteiger partial charge in [-0.25, -0.2) is 0 Å². The van der Waals surface area contributed by atoms with Crippen molar-refractivity contribution in [3.05, 3.63) is 89.5 Å². The smallest absolute Gasteiger partial charge is 0.300 e. The molecule has 1 heterocycles. The second-order valence-corrected chi connectivity index (χ2v) is 9.30. The Kier molecular flexibility index (Phi) is 8.05. The van der Waals surface area contributed by atoms with Gasteiger partial charge in [0.2, 0.25) is 0 Å². The predicted octanol–water partition coefficient (Wildman–Crippen LogP) is 5.62. The zero-order valence-corrected chi connectivity index (χ0v) is 22.6. The number of ketones is 1. The Morgan fingerprint density at radius 1 is 0.895 bits per heavy atom. The van der Waals surface area contributed by atoms with E-state index in [1.54, 1.807) is 24.3 Å². The molecule has 3 aromatic carbocycles. The Labute approximate surface area is 224 Å². The third-order valence-electron chi connectivity index (χ3n) is 6.84. The zero-order valence-electron chi connectivity index (χ0n) is 22.6. The molecule has 0 aromatic heterocycles. The lowest BCUT2D eigenvalue weighted by molar-refractivity contribution is -0.132. The van der Waals surface area contributed by atoms with Gasteiger partial charge in [-0.1, -0.05) is 24.3 Å². The van der Waals surface area contributed by atoms with Gasteiger partial charge in [-0.2, -0.15) is 0 Å². The zero-order chi connectivity index (χ0) is 27.4. The van der Waals surface area contributed by atoms with Gasteiger partial charge in [-0.05, 0) is 74.9 Å². The topological polar surface area (TPSA) is 73.3 Å². The highest BCUT2D eigenvalue weighted by molar-refractivity contribution is 6.51. The Bertz CT molecular complexity index is 1330. The largest absolute Gasteiger partial charge is 0.507 e. The highest BCUT2D eigenvalue weighted by Crippen LogP contribution is 2.43. The minimum absolute atomic E-state index is 0.0501. The maximum absolute atomic E-state index is 13.5. The van der Waals surface area contributed by atoms with Gasteiger partial charge < -0.3 is 19.6 Å². The molecule has 4 rings (SSSR count). The maximum atomic E-state index is 13.5. The lowest BCUT2D eigenvalue weighted by Gasteiger charge is -2.27. The second kappa shape index (κ2) is 11.4. The third kappa shape index (κ3) is 5.09. The van der Waals surface area contributed by atoms with Gasteiger partial charge in [0, 0.05) is 49.8 Å². The number of benzene rings is 3. The van der Waals surface area contributed by atoms with Crippen molar-refractivity contribution in [2.45, 2.75) is 26.8 Å². The Morgan fingerprint density at radius 2 is 1.53 bits per heavy atom.